The minimum atomic E-state index is -0.597. The fraction of sp³-hybridized carbons (Fsp3) is 0.111. The van der Waals surface area contributed by atoms with Gasteiger partial charge in [0.2, 0.25) is 5.76 Å². The molecular weight excluding hydrogens is 188 g/mol. The van der Waals surface area contributed by atoms with Gasteiger partial charge in [-0.1, -0.05) is 0 Å². The summed E-state index contributed by atoms with van der Waals surface area (Å²) in [6.07, 6.45) is 1.20. The predicted molar refractivity (Wildman–Crippen MR) is 45.2 cm³/mol. The number of hydrogen-bond acceptors (Lipinski definition) is 5. The number of carbonyl (C=O) groups excluding carboxylic acids is 1. The van der Waals surface area contributed by atoms with E-state index < -0.39 is 11.6 Å². The van der Waals surface area contributed by atoms with Crippen molar-refractivity contribution in [3.8, 4) is 11.3 Å². The van der Waals surface area contributed by atoms with E-state index in [0.29, 0.717) is 11.3 Å². The lowest BCUT2D eigenvalue weighted by Crippen LogP contribution is -2.00. The molecule has 0 aromatic heterocycles. The molecule has 0 aromatic rings. The SMILES string of the molecule is COC(=O)c1cc2cc(=O)oc-2co1. The second-order valence-electron chi connectivity index (χ2n) is 2.62. The third-order valence-electron chi connectivity index (χ3n) is 1.73. The lowest BCUT2D eigenvalue weighted by atomic mass is 10.2. The molecule has 0 atom stereocenters. The van der Waals surface area contributed by atoms with Crippen LogP contribution >= 0.6 is 0 Å². The smallest absolute Gasteiger partial charge is 0.373 e. The Morgan fingerprint density at radius 3 is 2.93 bits per heavy atom. The summed E-state index contributed by atoms with van der Waals surface area (Å²) in [6.45, 7) is 0. The first-order valence-electron chi connectivity index (χ1n) is 3.81. The fourth-order valence-corrected chi connectivity index (χ4v) is 1.10. The summed E-state index contributed by atoms with van der Waals surface area (Å²) in [4.78, 5) is 21.9. The van der Waals surface area contributed by atoms with Gasteiger partial charge in [0.25, 0.3) is 0 Å². The molecular formula is C9H6O5. The number of rotatable bonds is 1. The van der Waals surface area contributed by atoms with Gasteiger partial charge in [-0.05, 0) is 6.07 Å². The van der Waals surface area contributed by atoms with E-state index in [9.17, 15) is 9.59 Å². The fourth-order valence-electron chi connectivity index (χ4n) is 1.10. The molecule has 14 heavy (non-hydrogen) atoms. The maximum Gasteiger partial charge on any atom is 0.373 e. The highest BCUT2D eigenvalue weighted by Gasteiger charge is 2.15. The molecule has 5 nitrogen and oxygen atoms in total. The van der Waals surface area contributed by atoms with Gasteiger partial charge < -0.3 is 13.6 Å². The number of methoxy groups -OCH3 is 1. The number of ether oxygens (including phenoxy) is 1. The van der Waals surface area contributed by atoms with Crippen LogP contribution in [0.1, 0.15) is 10.6 Å². The van der Waals surface area contributed by atoms with Gasteiger partial charge in [-0.2, -0.15) is 0 Å². The van der Waals surface area contributed by atoms with Crippen molar-refractivity contribution >= 4 is 5.97 Å². The highest BCUT2D eigenvalue weighted by atomic mass is 16.5. The average molecular weight is 194 g/mol. The highest BCUT2D eigenvalue weighted by Crippen LogP contribution is 2.21. The van der Waals surface area contributed by atoms with Crippen molar-refractivity contribution in [2.75, 3.05) is 7.11 Å². The van der Waals surface area contributed by atoms with E-state index in [1.54, 1.807) is 0 Å². The third kappa shape index (κ3) is 1.28. The molecule has 0 N–H and O–H groups in total. The van der Waals surface area contributed by atoms with Crippen LogP contribution in [0.3, 0.4) is 0 Å². The quantitative estimate of drug-likeness (QED) is 0.636. The molecule has 0 fully saturated rings. The Kier molecular flexibility index (Phi) is 1.85. The van der Waals surface area contributed by atoms with Crippen molar-refractivity contribution in [1.82, 2.24) is 0 Å². The Morgan fingerprint density at radius 1 is 1.43 bits per heavy atom. The van der Waals surface area contributed by atoms with E-state index in [1.807, 2.05) is 0 Å². The minimum absolute atomic E-state index is 0.0285. The van der Waals surface area contributed by atoms with E-state index >= 15 is 0 Å². The summed E-state index contributed by atoms with van der Waals surface area (Å²) < 4.78 is 14.1. The minimum Gasteiger partial charge on any atom is -0.463 e. The number of carbonyl (C=O) groups is 1. The maximum absolute atomic E-state index is 11.0. The summed E-state index contributed by atoms with van der Waals surface area (Å²) in [5.41, 5.74) is 0.0406. The topological polar surface area (TPSA) is 69.7 Å². The predicted octanol–water partition coefficient (Wildman–Crippen LogP) is 1.12. The van der Waals surface area contributed by atoms with Crippen LogP contribution in [0.5, 0.6) is 0 Å². The molecule has 0 saturated heterocycles. The van der Waals surface area contributed by atoms with Crippen molar-refractivity contribution in [1.29, 1.82) is 0 Å². The average Bonchev–Trinajstić information content (AvgIpc) is 2.55. The zero-order valence-electron chi connectivity index (χ0n) is 7.27. The van der Waals surface area contributed by atoms with Gasteiger partial charge in [0, 0.05) is 11.6 Å². The van der Waals surface area contributed by atoms with Gasteiger partial charge in [0.05, 0.1) is 7.11 Å². The molecule has 2 aliphatic rings. The highest BCUT2D eigenvalue weighted by molar-refractivity contribution is 5.87. The lowest BCUT2D eigenvalue weighted by Gasteiger charge is -1.99. The van der Waals surface area contributed by atoms with Gasteiger partial charge in [0.1, 0.15) is 6.26 Å². The van der Waals surface area contributed by atoms with Gasteiger partial charge in [-0.3, -0.25) is 0 Å². The maximum atomic E-state index is 11.0. The van der Waals surface area contributed by atoms with Crippen molar-refractivity contribution in [3.05, 3.63) is 34.6 Å². The van der Waals surface area contributed by atoms with Crippen LogP contribution in [0.15, 0.2) is 32.0 Å². The van der Waals surface area contributed by atoms with Crippen LogP contribution in [0.4, 0.5) is 0 Å². The summed E-state index contributed by atoms with van der Waals surface area (Å²) in [6, 6.07) is 2.67. The van der Waals surface area contributed by atoms with Crippen molar-refractivity contribution in [2.24, 2.45) is 0 Å². The second kappa shape index (κ2) is 3.02. The van der Waals surface area contributed by atoms with Gasteiger partial charge in [-0.15, -0.1) is 0 Å². The summed E-state index contributed by atoms with van der Waals surface area (Å²) in [5.74, 6) is -0.260. The Labute approximate surface area is 78.2 Å². The first-order chi connectivity index (χ1) is 6.70. The Morgan fingerprint density at radius 2 is 2.21 bits per heavy atom. The molecule has 0 spiro atoms. The summed E-state index contributed by atoms with van der Waals surface area (Å²) >= 11 is 0. The Hall–Kier alpha value is -2.04. The van der Waals surface area contributed by atoms with Crippen LogP contribution < -0.4 is 5.63 Å². The standard InChI is InChI=1S/C9H6O5/c1-12-9(11)6-2-5-3-8(10)14-7(5)4-13-6/h2-4H,1H3. The largest absolute Gasteiger partial charge is 0.463 e. The van der Waals surface area contributed by atoms with Crippen molar-refractivity contribution in [3.63, 3.8) is 0 Å². The van der Waals surface area contributed by atoms with E-state index in [-0.39, 0.29) is 5.76 Å². The molecule has 2 aliphatic heterocycles. The first kappa shape index (κ1) is 8.55. The van der Waals surface area contributed by atoms with Crippen LogP contribution in [-0.4, -0.2) is 13.1 Å². The molecule has 0 bridgehead atoms. The zero-order valence-corrected chi connectivity index (χ0v) is 7.27. The molecule has 0 saturated carbocycles. The zero-order chi connectivity index (χ0) is 10.1. The monoisotopic (exact) mass is 194 g/mol. The third-order valence-corrected chi connectivity index (χ3v) is 1.73. The van der Waals surface area contributed by atoms with Gasteiger partial charge in [-0.25, -0.2) is 9.59 Å². The molecule has 2 heterocycles. The molecule has 0 amide bonds. The van der Waals surface area contributed by atoms with Gasteiger partial charge in [0.15, 0.2) is 5.76 Å². The van der Waals surface area contributed by atoms with Crippen LogP contribution in [0.25, 0.3) is 11.3 Å². The molecule has 2 rings (SSSR count). The van der Waals surface area contributed by atoms with Crippen molar-refractivity contribution in [2.45, 2.75) is 0 Å². The molecule has 0 radical (unpaired) electrons. The Balaban J connectivity index is 2.57. The second-order valence-corrected chi connectivity index (χ2v) is 2.62. The van der Waals surface area contributed by atoms with E-state index in [4.69, 9.17) is 8.83 Å². The summed E-state index contributed by atoms with van der Waals surface area (Å²) in [5, 5.41) is 0. The lowest BCUT2D eigenvalue weighted by molar-refractivity contribution is 0.0562. The van der Waals surface area contributed by atoms with Crippen LogP contribution in [-0.2, 0) is 4.74 Å². The molecule has 5 heteroatoms. The first-order valence-corrected chi connectivity index (χ1v) is 3.81. The number of esters is 1. The Bertz CT molecular complexity index is 492. The van der Waals surface area contributed by atoms with Gasteiger partial charge >= 0.3 is 11.6 Å². The van der Waals surface area contributed by atoms with E-state index in [2.05, 4.69) is 4.74 Å². The number of fused-ring (bicyclic) bond motifs is 1. The van der Waals surface area contributed by atoms with Crippen molar-refractivity contribution < 1.29 is 18.4 Å². The molecule has 0 aliphatic carbocycles. The number of furan rings is 1. The van der Waals surface area contributed by atoms with Crippen LogP contribution in [0.2, 0.25) is 0 Å². The summed E-state index contributed by atoms with van der Waals surface area (Å²) in [7, 11) is 1.25. The van der Waals surface area contributed by atoms with E-state index in [1.165, 1.54) is 25.5 Å². The molecule has 0 aromatic carbocycles. The van der Waals surface area contributed by atoms with Crippen LogP contribution in [0, 0.1) is 0 Å². The number of hydrogen-bond donors (Lipinski definition) is 0. The van der Waals surface area contributed by atoms with E-state index in [0.717, 1.165) is 0 Å². The molecule has 72 valence electrons. The molecule has 0 unspecified atom stereocenters. The normalized spacial score (nSPS) is 10.4.